The first kappa shape index (κ1) is 43.5. The van der Waals surface area contributed by atoms with E-state index in [2.05, 4.69) is 16.0 Å². The zero-order valence-electron chi connectivity index (χ0n) is 31.8. The molecule has 294 valence electrons. The lowest BCUT2D eigenvalue weighted by Gasteiger charge is -2.30. The quantitative estimate of drug-likeness (QED) is 0.125. The van der Waals surface area contributed by atoms with Crippen molar-refractivity contribution in [2.24, 2.45) is 17.6 Å². The number of hydrogen-bond acceptors (Lipinski definition) is 10. The molecule has 0 radical (unpaired) electrons. The van der Waals surface area contributed by atoms with Crippen molar-refractivity contribution in [2.75, 3.05) is 27.3 Å². The van der Waals surface area contributed by atoms with Crippen LogP contribution >= 0.6 is 0 Å². The molecule has 0 saturated heterocycles. The Hall–Kier alpha value is -4.92. The first-order valence-corrected chi connectivity index (χ1v) is 18.0. The predicted molar refractivity (Wildman–Crippen MR) is 200 cm³/mol. The van der Waals surface area contributed by atoms with Crippen LogP contribution < -0.4 is 21.7 Å². The number of nitrogens with one attached hydrogen (secondary N) is 3. The highest BCUT2D eigenvalue weighted by atomic mass is 19.1. The minimum Gasteiger partial charge on any atom is -0.439 e. The van der Waals surface area contributed by atoms with Crippen LogP contribution in [0, 0.1) is 17.7 Å². The number of ketones is 2. The Morgan fingerprint density at radius 2 is 1.70 bits per heavy atom. The Morgan fingerprint density at radius 3 is 2.35 bits per heavy atom. The van der Waals surface area contributed by atoms with Crippen molar-refractivity contribution in [1.82, 2.24) is 16.0 Å². The molecule has 1 heterocycles. The number of carbonyl (C=O) groups excluding carboxylic acids is 5. The number of halogens is 1. The summed E-state index contributed by atoms with van der Waals surface area (Å²) in [6.45, 7) is 7.71. The molecule has 0 aromatic heterocycles. The van der Waals surface area contributed by atoms with Gasteiger partial charge < -0.3 is 41.0 Å². The van der Waals surface area contributed by atoms with Crippen LogP contribution in [0.25, 0.3) is 0 Å². The number of allylic oxidation sites excluding steroid dienone is 4. The number of primary amides is 1. The Balaban J connectivity index is 1.83. The van der Waals surface area contributed by atoms with Crippen molar-refractivity contribution in [3.8, 4) is 0 Å². The van der Waals surface area contributed by atoms with Gasteiger partial charge in [0, 0.05) is 56.0 Å². The van der Waals surface area contributed by atoms with E-state index in [1.54, 1.807) is 26.0 Å². The number of hydrogen-bond donors (Lipinski definition) is 5. The number of Topliss-reactive ketones (excluding diaryl/α,β-unsaturated/α-hetero) is 1. The topological polar surface area (TPSA) is 195 Å². The van der Waals surface area contributed by atoms with Crippen molar-refractivity contribution in [2.45, 2.75) is 84.2 Å². The van der Waals surface area contributed by atoms with Gasteiger partial charge in [-0.1, -0.05) is 38.2 Å². The number of unbranched alkanes of at least 4 members (excludes halogenated alkanes) is 2. The fourth-order valence-corrected chi connectivity index (χ4v) is 6.32. The van der Waals surface area contributed by atoms with E-state index >= 15 is 0 Å². The molecule has 0 spiro atoms. The average Bonchev–Trinajstić information content (AvgIpc) is 3.13. The molecule has 1 aliphatic carbocycles. The van der Waals surface area contributed by atoms with E-state index < -0.39 is 59.7 Å². The van der Waals surface area contributed by atoms with Gasteiger partial charge in [-0.25, -0.2) is 9.18 Å². The molecule has 13 nitrogen and oxygen atoms in total. The number of amides is 3. The molecule has 1 aromatic carbocycles. The third-order valence-electron chi connectivity index (χ3n) is 9.34. The van der Waals surface area contributed by atoms with Gasteiger partial charge >= 0.3 is 6.09 Å². The largest absolute Gasteiger partial charge is 0.439 e. The van der Waals surface area contributed by atoms with E-state index in [0.29, 0.717) is 49.9 Å². The molecule has 0 unspecified atom stereocenters. The van der Waals surface area contributed by atoms with E-state index in [1.807, 2.05) is 6.92 Å². The van der Waals surface area contributed by atoms with E-state index in [-0.39, 0.29) is 40.8 Å². The summed E-state index contributed by atoms with van der Waals surface area (Å²) >= 11 is 0. The summed E-state index contributed by atoms with van der Waals surface area (Å²) in [6, 6.07) is 5.28. The smallest absolute Gasteiger partial charge is 0.405 e. The molecular formula is C40H53FN4O9. The second-order valence-electron chi connectivity index (χ2n) is 13.7. The number of aliphatic hydroxyl groups is 1. The lowest BCUT2D eigenvalue weighted by Crippen LogP contribution is -2.38. The van der Waals surface area contributed by atoms with Gasteiger partial charge in [-0.2, -0.15) is 0 Å². The molecule has 2 bridgehead atoms. The lowest BCUT2D eigenvalue weighted by molar-refractivity contribution is -0.120. The molecule has 1 aromatic rings. The standard InChI is InChI=1S/C40H53FN4O9/c1-23-19-29-34(43-17-8-7-9-18-44-39(50)27-13-15-28(41)16-14-27)31(46)22-30(36(29)48)45-38(49)24(2)11-10-12-32(52-5)37(54-40(42)51)26(4)21-25(3)35(47)33(20-23)53-6/h10-16,21-23,25,32-33,35,37,43,47H,7-9,17-20H2,1-6H3,(H2,42,51)(H,44,50)(H,45,49)/b12-10-,24-11+,26-21+/t23-,25+,32+,33+,35-,37+/m1/s1. The zero-order chi connectivity index (χ0) is 39.9. The van der Waals surface area contributed by atoms with Crippen LogP contribution in [0.1, 0.15) is 70.2 Å². The van der Waals surface area contributed by atoms with Crippen molar-refractivity contribution in [3.63, 3.8) is 0 Å². The van der Waals surface area contributed by atoms with Gasteiger partial charge in [0.25, 0.3) is 11.8 Å². The maximum Gasteiger partial charge on any atom is 0.405 e. The number of fused-ring (bicyclic) bond motifs is 2. The molecule has 2 aliphatic rings. The average molecular weight is 753 g/mol. The number of nitrogens with two attached hydrogens (primary N) is 1. The van der Waals surface area contributed by atoms with Gasteiger partial charge in [-0.3, -0.25) is 19.2 Å². The minimum absolute atomic E-state index is 0.142. The number of methoxy groups -OCH3 is 2. The van der Waals surface area contributed by atoms with Crippen molar-refractivity contribution in [1.29, 1.82) is 0 Å². The summed E-state index contributed by atoms with van der Waals surface area (Å²) in [6.07, 6.45) is 5.47. The highest BCUT2D eigenvalue weighted by Gasteiger charge is 2.33. The summed E-state index contributed by atoms with van der Waals surface area (Å²) in [7, 11) is 2.90. The molecule has 6 N–H and O–H groups in total. The van der Waals surface area contributed by atoms with Gasteiger partial charge in [-0.05, 0) is 81.7 Å². The second kappa shape index (κ2) is 21.1. The highest BCUT2D eigenvalue weighted by Crippen LogP contribution is 2.29. The number of carbonyl (C=O) groups is 5. The summed E-state index contributed by atoms with van der Waals surface area (Å²) in [5.74, 6) is -3.04. The van der Waals surface area contributed by atoms with E-state index in [1.165, 1.54) is 57.6 Å². The second-order valence-corrected chi connectivity index (χ2v) is 13.7. The van der Waals surface area contributed by atoms with Gasteiger partial charge in [0.1, 0.15) is 11.9 Å². The van der Waals surface area contributed by atoms with Gasteiger partial charge in [-0.15, -0.1) is 0 Å². The van der Waals surface area contributed by atoms with Crippen molar-refractivity contribution in [3.05, 3.63) is 94.1 Å². The maximum absolute atomic E-state index is 13.9. The Morgan fingerprint density at radius 1 is 1.02 bits per heavy atom. The molecular weight excluding hydrogens is 699 g/mol. The van der Waals surface area contributed by atoms with Crippen LogP contribution in [0.2, 0.25) is 0 Å². The highest BCUT2D eigenvalue weighted by molar-refractivity contribution is 6.23. The summed E-state index contributed by atoms with van der Waals surface area (Å²) in [5.41, 5.74) is 6.71. The van der Waals surface area contributed by atoms with Crippen molar-refractivity contribution < 1.29 is 47.7 Å². The number of ether oxygens (including phenoxy) is 3. The Labute approximate surface area is 315 Å². The summed E-state index contributed by atoms with van der Waals surface area (Å²) < 4.78 is 29.8. The SMILES string of the molecule is CO[C@H]1/C=C\C=C(/C)C(=O)NC2=CC(=O)C(NCCCCCNC(=O)c3ccc(F)cc3)=C(C[C@@H](C)C[C@H](OC)[C@H](O)[C@@H](C)/C=C(\C)[C@@H]1OC(N)=O)C2=O. The monoisotopic (exact) mass is 752 g/mol. The molecule has 3 amide bonds. The molecule has 3 rings (SSSR count). The maximum atomic E-state index is 13.9. The normalized spacial score (nSPS) is 27.1. The summed E-state index contributed by atoms with van der Waals surface area (Å²) in [4.78, 5) is 64.7. The third-order valence-corrected chi connectivity index (χ3v) is 9.34. The molecule has 14 heteroatoms. The Kier molecular flexibility index (Phi) is 17.0. The van der Waals surface area contributed by atoms with Crippen LogP contribution in [0.4, 0.5) is 9.18 Å². The number of aliphatic hydroxyl groups excluding tert-OH is 1. The molecule has 1 aliphatic heterocycles. The van der Waals surface area contributed by atoms with E-state index in [9.17, 15) is 33.5 Å². The predicted octanol–water partition coefficient (Wildman–Crippen LogP) is 4.09. The van der Waals surface area contributed by atoms with Gasteiger partial charge in [0.2, 0.25) is 11.6 Å². The van der Waals surface area contributed by atoms with Crippen molar-refractivity contribution >= 4 is 29.5 Å². The van der Waals surface area contributed by atoms with E-state index in [0.717, 1.165) is 6.08 Å². The first-order valence-electron chi connectivity index (χ1n) is 18.0. The van der Waals surface area contributed by atoms with Gasteiger partial charge in [0.05, 0.1) is 23.6 Å². The van der Waals surface area contributed by atoms with Crippen LogP contribution in [0.5, 0.6) is 0 Å². The van der Waals surface area contributed by atoms with Crippen LogP contribution in [-0.4, -0.2) is 86.3 Å². The lowest BCUT2D eigenvalue weighted by atomic mass is 9.85. The third kappa shape index (κ3) is 12.6. The Bertz CT molecular complexity index is 1680. The fourth-order valence-electron chi connectivity index (χ4n) is 6.32. The van der Waals surface area contributed by atoms with Crippen LogP contribution in [0.15, 0.2) is 82.8 Å². The molecule has 0 saturated carbocycles. The number of benzene rings is 1. The van der Waals surface area contributed by atoms with Gasteiger partial charge in [0.15, 0.2) is 6.10 Å². The molecule has 0 fully saturated rings. The molecule has 6 atom stereocenters. The number of rotatable bonds is 11. The van der Waals surface area contributed by atoms with Crippen LogP contribution in [-0.2, 0) is 28.6 Å². The zero-order valence-corrected chi connectivity index (χ0v) is 31.8. The minimum atomic E-state index is -1.02. The molecule has 54 heavy (non-hydrogen) atoms. The van der Waals surface area contributed by atoms with Crippen LogP contribution in [0.3, 0.4) is 0 Å². The first-order chi connectivity index (χ1) is 25.7. The fraction of sp³-hybridized carbons (Fsp3) is 0.475. The summed E-state index contributed by atoms with van der Waals surface area (Å²) in [5, 5.41) is 19.9. The van der Waals surface area contributed by atoms with E-state index in [4.69, 9.17) is 19.9 Å².